The number of amides is 1. The van der Waals surface area contributed by atoms with Gasteiger partial charge in [0.1, 0.15) is 5.60 Å². The van der Waals surface area contributed by atoms with Crippen LogP contribution in [0.1, 0.15) is 31.9 Å². The largest absolute Gasteiger partial charge is 0.444 e. The lowest BCUT2D eigenvalue weighted by atomic mass is 10.1. The van der Waals surface area contributed by atoms with Crippen molar-refractivity contribution in [1.29, 1.82) is 0 Å². The van der Waals surface area contributed by atoms with Crippen LogP contribution in [0.15, 0.2) is 24.3 Å². The molecule has 1 amide bonds. The maximum absolute atomic E-state index is 12.0. The van der Waals surface area contributed by atoms with Crippen LogP contribution in [-0.2, 0) is 22.6 Å². The van der Waals surface area contributed by atoms with Crippen LogP contribution >= 0.6 is 0 Å². The third kappa shape index (κ3) is 5.52. The van der Waals surface area contributed by atoms with Crippen molar-refractivity contribution in [2.75, 3.05) is 27.2 Å². The molecular formula is C18H28N2O3. The highest BCUT2D eigenvalue weighted by atomic mass is 16.6. The number of carbonyl (C=O) groups excluding carboxylic acids is 1. The summed E-state index contributed by atoms with van der Waals surface area (Å²) < 4.78 is 10.6. The van der Waals surface area contributed by atoms with Crippen LogP contribution in [0.5, 0.6) is 0 Å². The van der Waals surface area contributed by atoms with E-state index in [2.05, 4.69) is 29.2 Å². The van der Waals surface area contributed by atoms with E-state index in [1.54, 1.807) is 19.1 Å². The van der Waals surface area contributed by atoms with Gasteiger partial charge in [-0.1, -0.05) is 24.3 Å². The highest BCUT2D eigenvalue weighted by Gasteiger charge is 2.26. The minimum Gasteiger partial charge on any atom is -0.444 e. The fourth-order valence-corrected chi connectivity index (χ4v) is 2.49. The average Bonchev–Trinajstić information content (AvgIpc) is 2.42. The molecule has 0 saturated carbocycles. The molecule has 0 aliphatic carbocycles. The van der Waals surface area contributed by atoms with Gasteiger partial charge in [-0.05, 0) is 31.9 Å². The van der Waals surface area contributed by atoms with Crippen molar-refractivity contribution in [2.24, 2.45) is 0 Å². The molecule has 1 aliphatic heterocycles. The zero-order chi connectivity index (χ0) is 17.0. The Labute approximate surface area is 139 Å². The molecule has 0 spiro atoms. The van der Waals surface area contributed by atoms with Crippen LogP contribution in [-0.4, -0.2) is 54.8 Å². The van der Waals surface area contributed by atoms with E-state index in [0.717, 1.165) is 25.2 Å². The third-order valence-electron chi connectivity index (χ3n) is 3.81. The summed E-state index contributed by atoms with van der Waals surface area (Å²) in [6, 6.07) is 8.39. The number of hydrogen-bond donors (Lipinski definition) is 0. The molecule has 0 atom stereocenters. The summed E-state index contributed by atoms with van der Waals surface area (Å²) >= 11 is 0. The van der Waals surface area contributed by atoms with Crippen molar-refractivity contribution < 1.29 is 14.3 Å². The Bertz CT molecular complexity index is 516. The molecular weight excluding hydrogens is 292 g/mol. The molecule has 0 bridgehead atoms. The van der Waals surface area contributed by atoms with Gasteiger partial charge in [0.15, 0.2) is 0 Å². The Balaban J connectivity index is 1.81. The molecule has 1 aliphatic rings. The smallest absolute Gasteiger partial charge is 0.410 e. The molecule has 1 fully saturated rings. The maximum atomic E-state index is 12.0. The first-order valence-corrected chi connectivity index (χ1v) is 8.04. The molecule has 23 heavy (non-hydrogen) atoms. The predicted molar refractivity (Wildman–Crippen MR) is 90.2 cm³/mol. The van der Waals surface area contributed by atoms with E-state index >= 15 is 0 Å². The van der Waals surface area contributed by atoms with Crippen LogP contribution in [0.25, 0.3) is 0 Å². The molecule has 0 aromatic heterocycles. The normalized spacial score (nSPS) is 16.0. The van der Waals surface area contributed by atoms with Gasteiger partial charge in [-0.3, -0.25) is 4.90 Å². The predicted octanol–water partition coefficient (Wildman–Crippen LogP) is 2.88. The molecule has 5 nitrogen and oxygen atoms in total. The fraction of sp³-hybridized carbons (Fsp3) is 0.611. The van der Waals surface area contributed by atoms with Gasteiger partial charge in [-0.25, -0.2) is 4.79 Å². The van der Waals surface area contributed by atoms with E-state index in [0.29, 0.717) is 12.6 Å². The molecule has 0 N–H and O–H groups in total. The summed E-state index contributed by atoms with van der Waals surface area (Å²) in [5.74, 6) is 0. The standard InChI is InChI=1S/C18H28N2O3/c1-18(2,3)23-17(21)19(4)10-14-6-8-15(9-7-14)11-20-12-16(13-20)22-5/h6-9,16H,10-13H2,1-5H3. The zero-order valence-electron chi connectivity index (χ0n) is 14.8. The Morgan fingerprint density at radius 3 is 2.30 bits per heavy atom. The zero-order valence-corrected chi connectivity index (χ0v) is 14.8. The summed E-state index contributed by atoms with van der Waals surface area (Å²) in [5.41, 5.74) is 1.91. The van der Waals surface area contributed by atoms with Gasteiger partial charge in [0, 0.05) is 40.3 Å². The van der Waals surface area contributed by atoms with Gasteiger partial charge in [0.05, 0.1) is 6.10 Å². The SMILES string of the molecule is COC1CN(Cc2ccc(CN(C)C(=O)OC(C)(C)C)cc2)C1. The molecule has 2 rings (SSSR count). The Hall–Kier alpha value is -1.59. The molecule has 1 saturated heterocycles. The maximum Gasteiger partial charge on any atom is 0.410 e. The second kappa shape index (κ2) is 7.32. The minimum atomic E-state index is -0.466. The Kier molecular flexibility index (Phi) is 5.65. The number of carbonyl (C=O) groups is 1. The molecule has 128 valence electrons. The van der Waals surface area contributed by atoms with Crippen LogP contribution in [0, 0.1) is 0 Å². The summed E-state index contributed by atoms with van der Waals surface area (Å²) in [6.45, 7) is 9.11. The van der Waals surface area contributed by atoms with Crippen molar-refractivity contribution >= 4 is 6.09 Å². The van der Waals surface area contributed by atoms with Crippen LogP contribution in [0.3, 0.4) is 0 Å². The van der Waals surface area contributed by atoms with Gasteiger partial charge >= 0.3 is 6.09 Å². The first-order valence-electron chi connectivity index (χ1n) is 8.04. The number of hydrogen-bond acceptors (Lipinski definition) is 4. The van der Waals surface area contributed by atoms with Gasteiger partial charge in [0.2, 0.25) is 0 Å². The first-order chi connectivity index (χ1) is 10.8. The summed E-state index contributed by atoms with van der Waals surface area (Å²) in [6.07, 6.45) is 0.0875. The highest BCUT2D eigenvalue weighted by Crippen LogP contribution is 2.16. The topological polar surface area (TPSA) is 42.0 Å². The fourth-order valence-electron chi connectivity index (χ4n) is 2.49. The van der Waals surface area contributed by atoms with Crippen molar-refractivity contribution in [3.05, 3.63) is 35.4 Å². The molecule has 0 unspecified atom stereocenters. The number of ether oxygens (including phenoxy) is 2. The molecule has 0 radical (unpaired) electrons. The average molecular weight is 320 g/mol. The second-order valence-corrected chi connectivity index (χ2v) is 7.20. The first kappa shape index (κ1) is 17.8. The van der Waals surface area contributed by atoms with E-state index in [-0.39, 0.29) is 6.09 Å². The van der Waals surface area contributed by atoms with Gasteiger partial charge < -0.3 is 14.4 Å². The summed E-state index contributed by atoms with van der Waals surface area (Å²) in [4.78, 5) is 15.9. The number of methoxy groups -OCH3 is 1. The number of rotatable bonds is 5. The van der Waals surface area contributed by atoms with Crippen molar-refractivity contribution in [3.8, 4) is 0 Å². The molecule has 1 aromatic carbocycles. The molecule has 1 heterocycles. The number of benzene rings is 1. The van der Waals surface area contributed by atoms with Crippen molar-refractivity contribution in [1.82, 2.24) is 9.80 Å². The highest BCUT2D eigenvalue weighted by molar-refractivity contribution is 5.67. The van der Waals surface area contributed by atoms with Crippen molar-refractivity contribution in [2.45, 2.75) is 45.6 Å². The van der Waals surface area contributed by atoms with E-state index in [9.17, 15) is 4.79 Å². The molecule has 1 aromatic rings. The van der Waals surface area contributed by atoms with E-state index in [4.69, 9.17) is 9.47 Å². The Morgan fingerprint density at radius 2 is 1.78 bits per heavy atom. The van der Waals surface area contributed by atoms with Crippen LogP contribution < -0.4 is 0 Å². The van der Waals surface area contributed by atoms with Crippen molar-refractivity contribution in [3.63, 3.8) is 0 Å². The van der Waals surface area contributed by atoms with Gasteiger partial charge in [-0.2, -0.15) is 0 Å². The lowest BCUT2D eigenvalue weighted by Gasteiger charge is -2.38. The van der Waals surface area contributed by atoms with E-state index in [1.165, 1.54) is 5.56 Å². The van der Waals surface area contributed by atoms with Gasteiger partial charge in [-0.15, -0.1) is 0 Å². The summed E-state index contributed by atoms with van der Waals surface area (Å²) in [7, 11) is 3.52. The minimum absolute atomic E-state index is 0.298. The van der Waals surface area contributed by atoms with E-state index in [1.807, 2.05) is 20.8 Å². The second-order valence-electron chi connectivity index (χ2n) is 7.20. The lowest BCUT2D eigenvalue weighted by Crippen LogP contribution is -2.50. The van der Waals surface area contributed by atoms with Gasteiger partial charge in [0.25, 0.3) is 0 Å². The molecule has 5 heteroatoms. The van der Waals surface area contributed by atoms with E-state index < -0.39 is 5.60 Å². The third-order valence-corrected chi connectivity index (χ3v) is 3.81. The number of nitrogens with zero attached hydrogens (tertiary/aromatic N) is 2. The lowest BCUT2D eigenvalue weighted by molar-refractivity contribution is -0.0334. The quantitative estimate of drug-likeness (QED) is 0.836. The van der Waals surface area contributed by atoms with Crippen LogP contribution in [0.2, 0.25) is 0 Å². The number of likely N-dealkylation sites (tertiary alicyclic amines) is 1. The van der Waals surface area contributed by atoms with Crippen LogP contribution in [0.4, 0.5) is 4.79 Å². The summed E-state index contributed by atoms with van der Waals surface area (Å²) in [5, 5.41) is 0. The monoisotopic (exact) mass is 320 g/mol. The Morgan fingerprint density at radius 1 is 1.22 bits per heavy atom.